The fourth-order valence-electron chi connectivity index (χ4n) is 0.483. The van der Waals surface area contributed by atoms with Gasteiger partial charge in [0.1, 0.15) is 6.26 Å². The second kappa shape index (κ2) is 3.00. The first kappa shape index (κ1) is 6.80. The second-order valence-electron chi connectivity index (χ2n) is 1.53. The van der Waals surface area contributed by atoms with E-state index in [0.717, 1.165) is 0 Å². The number of nitrogens with zero attached hydrogens (tertiary/aromatic N) is 1. The molecule has 10 heavy (non-hydrogen) atoms. The lowest BCUT2D eigenvalue weighted by atomic mass is 10.4. The lowest BCUT2D eigenvalue weighted by molar-refractivity contribution is 0.0514. The summed E-state index contributed by atoms with van der Waals surface area (Å²) < 4.78 is 8.97. The smallest absolute Gasteiger partial charge is 0.361 e. The Labute approximate surface area is 57.8 Å². The normalized spacial score (nSPS) is 9.30. The summed E-state index contributed by atoms with van der Waals surface area (Å²) in [5.41, 5.74) is 0.0850. The average molecular weight is 140 g/mol. The van der Waals surface area contributed by atoms with Gasteiger partial charge < -0.3 is 9.26 Å². The SMILES string of the molecule is CCOC(=O)c1[c]con1. The summed E-state index contributed by atoms with van der Waals surface area (Å²) >= 11 is 0. The Morgan fingerprint density at radius 1 is 2.00 bits per heavy atom. The summed E-state index contributed by atoms with van der Waals surface area (Å²) in [6.07, 6.45) is 1.20. The summed E-state index contributed by atoms with van der Waals surface area (Å²) in [7, 11) is 0. The molecule has 1 aromatic heterocycles. The van der Waals surface area contributed by atoms with Crippen LogP contribution in [0.5, 0.6) is 0 Å². The van der Waals surface area contributed by atoms with E-state index in [1.807, 2.05) is 0 Å². The van der Waals surface area contributed by atoms with Gasteiger partial charge in [-0.25, -0.2) is 4.79 Å². The number of aromatic nitrogens is 1. The largest absolute Gasteiger partial charge is 0.461 e. The van der Waals surface area contributed by atoms with Gasteiger partial charge in [0, 0.05) is 0 Å². The number of carbonyl (C=O) groups is 1. The van der Waals surface area contributed by atoms with Crippen LogP contribution in [-0.2, 0) is 4.74 Å². The summed E-state index contributed by atoms with van der Waals surface area (Å²) in [6.45, 7) is 2.05. The molecule has 1 heterocycles. The monoisotopic (exact) mass is 140 g/mol. The predicted molar refractivity (Wildman–Crippen MR) is 31.3 cm³/mol. The van der Waals surface area contributed by atoms with E-state index in [4.69, 9.17) is 0 Å². The highest BCUT2D eigenvalue weighted by atomic mass is 16.5. The molecular weight excluding hydrogens is 134 g/mol. The summed E-state index contributed by atoms with van der Waals surface area (Å²) in [4.78, 5) is 10.7. The predicted octanol–water partition coefficient (Wildman–Crippen LogP) is 0.651. The van der Waals surface area contributed by atoms with Crippen molar-refractivity contribution in [3.05, 3.63) is 18.0 Å². The van der Waals surface area contributed by atoms with Crippen molar-refractivity contribution in [3.8, 4) is 0 Å². The molecule has 0 saturated heterocycles. The summed E-state index contributed by atoms with van der Waals surface area (Å²) in [5, 5.41) is 3.33. The van der Waals surface area contributed by atoms with E-state index >= 15 is 0 Å². The van der Waals surface area contributed by atoms with Gasteiger partial charge in [-0.2, -0.15) is 0 Å². The fourth-order valence-corrected chi connectivity index (χ4v) is 0.483. The van der Waals surface area contributed by atoms with Crippen LogP contribution in [0.15, 0.2) is 10.8 Å². The Balaban J connectivity index is 2.59. The zero-order valence-corrected chi connectivity index (χ0v) is 5.46. The van der Waals surface area contributed by atoms with Gasteiger partial charge in [-0.05, 0) is 6.92 Å². The van der Waals surface area contributed by atoms with E-state index in [9.17, 15) is 4.79 Å². The zero-order chi connectivity index (χ0) is 7.40. The van der Waals surface area contributed by atoms with Gasteiger partial charge in [0.15, 0.2) is 5.69 Å². The molecule has 0 fully saturated rings. The van der Waals surface area contributed by atoms with Crippen molar-refractivity contribution < 1.29 is 14.1 Å². The van der Waals surface area contributed by atoms with Crippen LogP contribution >= 0.6 is 0 Å². The highest BCUT2D eigenvalue weighted by Gasteiger charge is 2.08. The molecule has 0 saturated carbocycles. The van der Waals surface area contributed by atoms with E-state index < -0.39 is 5.97 Å². The van der Waals surface area contributed by atoms with E-state index in [1.165, 1.54) is 6.26 Å². The van der Waals surface area contributed by atoms with Gasteiger partial charge in [0.05, 0.1) is 12.7 Å². The van der Waals surface area contributed by atoms with Crippen LogP contribution in [0.1, 0.15) is 17.4 Å². The molecule has 0 N–H and O–H groups in total. The highest BCUT2D eigenvalue weighted by Crippen LogP contribution is 1.95. The van der Waals surface area contributed by atoms with E-state index in [-0.39, 0.29) is 5.69 Å². The Bertz CT molecular complexity index is 205. The molecule has 4 heteroatoms. The molecule has 0 amide bonds. The van der Waals surface area contributed by atoms with Crippen molar-refractivity contribution in [2.24, 2.45) is 0 Å². The maximum absolute atomic E-state index is 10.7. The Morgan fingerprint density at radius 2 is 2.80 bits per heavy atom. The molecule has 0 atom stereocenters. The molecule has 0 spiro atoms. The van der Waals surface area contributed by atoms with Crippen molar-refractivity contribution >= 4 is 5.97 Å². The van der Waals surface area contributed by atoms with Crippen LogP contribution in [0.2, 0.25) is 0 Å². The third kappa shape index (κ3) is 1.34. The number of hydrogen-bond acceptors (Lipinski definition) is 4. The molecule has 53 valence electrons. The molecular formula is C6H6NO3. The first-order valence-corrected chi connectivity index (χ1v) is 2.83. The van der Waals surface area contributed by atoms with Crippen molar-refractivity contribution in [3.63, 3.8) is 0 Å². The van der Waals surface area contributed by atoms with Gasteiger partial charge in [-0.1, -0.05) is 5.16 Å². The zero-order valence-electron chi connectivity index (χ0n) is 5.46. The molecule has 0 aliphatic rings. The molecule has 0 aliphatic heterocycles. The van der Waals surface area contributed by atoms with Crippen molar-refractivity contribution in [2.45, 2.75) is 6.92 Å². The standard InChI is InChI=1S/C6H6NO3/c1-2-9-6(8)5-3-4-10-7-5/h4H,2H2,1H3. The molecule has 0 aromatic carbocycles. The number of rotatable bonds is 2. The third-order valence-electron chi connectivity index (χ3n) is 0.861. The second-order valence-corrected chi connectivity index (χ2v) is 1.53. The van der Waals surface area contributed by atoms with Crippen molar-refractivity contribution in [2.75, 3.05) is 6.61 Å². The Kier molecular flexibility index (Phi) is 2.04. The average Bonchev–Trinajstić information content (AvgIpc) is 2.38. The fraction of sp³-hybridized carbons (Fsp3) is 0.333. The van der Waals surface area contributed by atoms with Crippen LogP contribution < -0.4 is 0 Å². The lowest BCUT2D eigenvalue weighted by Crippen LogP contribution is -2.04. The minimum Gasteiger partial charge on any atom is -0.461 e. The number of esters is 1. The lowest BCUT2D eigenvalue weighted by Gasteiger charge is -1.93. The first-order chi connectivity index (χ1) is 4.84. The summed E-state index contributed by atoms with van der Waals surface area (Å²) in [6, 6.07) is 2.47. The summed E-state index contributed by atoms with van der Waals surface area (Å²) in [5.74, 6) is -0.503. The maximum Gasteiger partial charge on any atom is 0.361 e. The first-order valence-electron chi connectivity index (χ1n) is 2.83. The van der Waals surface area contributed by atoms with E-state index in [1.54, 1.807) is 6.92 Å². The number of hydrogen-bond donors (Lipinski definition) is 0. The van der Waals surface area contributed by atoms with Crippen molar-refractivity contribution in [1.29, 1.82) is 0 Å². The Morgan fingerprint density at radius 3 is 3.30 bits per heavy atom. The minimum atomic E-state index is -0.503. The topological polar surface area (TPSA) is 52.3 Å². The van der Waals surface area contributed by atoms with Gasteiger partial charge >= 0.3 is 5.97 Å². The minimum absolute atomic E-state index is 0.0850. The number of ether oxygens (including phenoxy) is 1. The van der Waals surface area contributed by atoms with Crippen LogP contribution in [-0.4, -0.2) is 17.7 Å². The quantitative estimate of drug-likeness (QED) is 0.566. The third-order valence-corrected chi connectivity index (χ3v) is 0.861. The molecule has 0 unspecified atom stereocenters. The molecule has 0 bridgehead atoms. The maximum atomic E-state index is 10.7. The van der Waals surface area contributed by atoms with Gasteiger partial charge in [-0.15, -0.1) is 0 Å². The van der Waals surface area contributed by atoms with Gasteiger partial charge in [0.25, 0.3) is 0 Å². The van der Waals surface area contributed by atoms with Crippen LogP contribution in [0.4, 0.5) is 0 Å². The van der Waals surface area contributed by atoms with Crippen LogP contribution in [0.25, 0.3) is 0 Å². The Hall–Kier alpha value is -1.32. The van der Waals surface area contributed by atoms with E-state index in [0.29, 0.717) is 6.61 Å². The molecule has 1 rings (SSSR count). The molecule has 1 aromatic rings. The molecule has 0 aliphatic carbocycles. The van der Waals surface area contributed by atoms with Gasteiger partial charge in [0.2, 0.25) is 0 Å². The molecule has 4 nitrogen and oxygen atoms in total. The highest BCUT2D eigenvalue weighted by molar-refractivity contribution is 5.86. The van der Waals surface area contributed by atoms with E-state index in [2.05, 4.69) is 20.5 Å². The van der Waals surface area contributed by atoms with Crippen LogP contribution in [0.3, 0.4) is 0 Å². The van der Waals surface area contributed by atoms with Crippen LogP contribution in [0, 0.1) is 6.07 Å². The molecule has 1 radical (unpaired) electrons. The number of carbonyl (C=O) groups excluding carboxylic acids is 1. The van der Waals surface area contributed by atoms with Gasteiger partial charge in [-0.3, -0.25) is 0 Å². The van der Waals surface area contributed by atoms with Crippen molar-refractivity contribution in [1.82, 2.24) is 5.16 Å².